The first-order valence-corrected chi connectivity index (χ1v) is 6.31. The number of fused-ring (bicyclic) bond motifs is 1. The molecule has 0 aliphatic heterocycles. The highest BCUT2D eigenvalue weighted by Gasteiger charge is 2.05. The van der Waals surface area contributed by atoms with E-state index in [-0.39, 0.29) is 11.7 Å². The second-order valence-corrected chi connectivity index (χ2v) is 4.76. The number of aromatic nitrogens is 1. The van der Waals surface area contributed by atoms with Gasteiger partial charge in [-0.05, 0) is 42.0 Å². The number of nitrogens with zero attached hydrogens (tertiary/aromatic N) is 1. The Morgan fingerprint density at radius 2 is 2.00 bits per heavy atom. The molecule has 3 N–H and O–H groups in total. The number of amidine groups is 1. The zero-order valence-electron chi connectivity index (χ0n) is 10.8. The van der Waals surface area contributed by atoms with E-state index in [1.54, 1.807) is 6.07 Å². The van der Waals surface area contributed by atoms with E-state index >= 15 is 0 Å². The topological polar surface area (TPSA) is 54.8 Å². The number of rotatable bonds is 3. The summed E-state index contributed by atoms with van der Waals surface area (Å²) in [5.74, 6) is -0.164. The Morgan fingerprint density at radius 1 is 1.15 bits per heavy atom. The molecule has 2 aromatic carbocycles. The van der Waals surface area contributed by atoms with E-state index in [2.05, 4.69) is 0 Å². The Hall–Kier alpha value is -2.62. The molecule has 0 spiro atoms. The van der Waals surface area contributed by atoms with Crippen molar-refractivity contribution in [1.29, 1.82) is 5.41 Å². The van der Waals surface area contributed by atoms with Gasteiger partial charge in [-0.3, -0.25) is 5.41 Å². The highest BCUT2D eigenvalue weighted by molar-refractivity contribution is 5.98. The molecular formula is C16H14FN3. The molecule has 3 aromatic rings. The monoisotopic (exact) mass is 267 g/mol. The average molecular weight is 267 g/mol. The van der Waals surface area contributed by atoms with E-state index < -0.39 is 0 Å². The average Bonchev–Trinajstić information content (AvgIpc) is 2.81. The fourth-order valence-corrected chi connectivity index (χ4v) is 2.34. The van der Waals surface area contributed by atoms with Gasteiger partial charge in [-0.25, -0.2) is 4.39 Å². The van der Waals surface area contributed by atoms with Crippen LogP contribution in [0.15, 0.2) is 54.7 Å². The third kappa shape index (κ3) is 2.28. The summed E-state index contributed by atoms with van der Waals surface area (Å²) in [6.07, 6.45) is 1.96. The third-order valence-corrected chi connectivity index (χ3v) is 3.32. The number of hydrogen-bond acceptors (Lipinski definition) is 1. The van der Waals surface area contributed by atoms with Crippen LogP contribution in [0.1, 0.15) is 11.1 Å². The second kappa shape index (κ2) is 4.81. The van der Waals surface area contributed by atoms with Crippen LogP contribution in [0.25, 0.3) is 10.9 Å². The van der Waals surface area contributed by atoms with Crippen LogP contribution in [0, 0.1) is 11.2 Å². The van der Waals surface area contributed by atoms with Crippen molar-refractivity contribution in [3.8, 4) is 0 Å². The van der Waals surface area contributed by atoms with E-state index in [9.17, 15) is 4.39 Å². The van der Waals surface area contributed by atoms with E-state index in [1.807, 2.05) is 41.1 Å². The van der Waals surface area contributed by atoms with E-state index in [0.29, 0.717) is 12.1 Å². The van der Waals surface area contributed by atoms with Gasteiger partial charge in [0.1, 0.15) is 11.7 Å². The van der Waals surface area contributed by atoms with Crippen LogP contribution in [0.4, 0.5) is 4.39 Å². The Bertz CT molecular complexity index is 789. The van der Waals surface area contributed by atoms with Crippen molar-refractivity contribution in [2.45, 2.75) is 6.54 Å². The maximum atomic E-state index is 13.2. The summed E-state index contributed by atoms with van der Waals surface area (Å²) in [5.41, 5.74) is 8.15. The summed E-state index contributed by atoms with van der Waals surface area (Å²) >= 11 is 0. The molecule has 3 rings (SSSR count). The van der Waals surface area contributed by atoms with Crippen molar-refractivity contribution in [2.24, 2.45) is 5.73 Å². The maximum absolute atomic E-state index is 13.2. The van der Waals surface area contributed by atoms with Gasteiger partial charge < -0.3 is 10.3 Å². The van der Waals surface area contributed by atoms with Crippen LogP contribution in [0.3, 0.4) is 0 Å². The van der Waals surface area contributed by atoms with Crippen molar-refractivity contribution in [1.82, 2.24) is 4.57 Å². The second-order valence-electron chi connectivity index (χ2n) is 4.76. The molecule has 0 saturated carbocycles. The first-order chi connectivity index (χ1) is 9.63. The summed E-state index contributed by atoms with van der Waals surface area (Å²) in [6, 6.07) is 14.2. The summed E-state index contributed by atoms with van der Waals surface area (Å²) in [7, 11) is 0. The minimum atomic E-state index is -0.224. The lowest BCUT2D eigenvalue weighted by Gasteiger charge is -2.06. The molecule has 0 fully saturated rings. The molecule has 20 heavy (non-hydrogen) atoms. The molecule has 0 radical (unpaired) electrons. The van der Waals surface area contributed by atoms with Gasteiger partial charge in [0, 0.05) is 29.2 Å². The molecular weight excluding hydrogens is 253 g/mol. The Labute approximate surface area is 116 Å². The summed E-state index contributed by atoms with van der Waals surface area (Å²) in [6.45, 7) is 0.612. The molecule has 0 unspecified atom stereocenters. The van der Waals surface area contributed by atoms with Gasteiger partial charge in [0.05, 0.1) is 0 Å². The highest BCUT2D eigenvalue weighted by Crippen LogP contribution is 2.19. The lowest BCUT2D eigenvalue weighted by Crippen LogP contribution is -2.10. The van der Waals surface area contributed by atoms with Crippen molar-refractivity contribution >= 4 is 16.7 Å². The lowest BCUT2D eigenvalue weighted by atomic mass is 10.1. The zero-order valence-corrected chi connectivity index (χ0v) is 10.8. The molecule has 0 aliphatic carbocycles. The standard InChI is InChI=1S/C16H14FN3/c17-14-3-1-2-11(8-14)10-20-7-6-12-9-13(16(18)19)4-5-15(12)20/h1-9H,10H2,(H3,18,19). The number of hydrogen-bond donors (Lipinski definition) is 2. The fourth-order valence-electron chi connectivity index (χ4n) is 2.34. The minimum absolute atomic E-state index is 0.0600. The molecule has 3 nitrogen and oxygen atoms in total. The Balaban J connectivity index is 1.98. The molecule has 0 aliphatic rings. The number of benzene rings is 2. The van der Waals surface area contributed by atoms with Crippen molar-refractivity contribution in [3.63, 3.8) is 0 Å². The number of nitrogens with two attached hydrogens (primary N) is 1. The van der Waals surface area contributed by atoms with Crippen LogP contribution in [0.2, 0.25) is 0 Å². The minimum Gasteiger partial charge on any atom is -0.384 e. The smallest absolute Gasteiger partial charge is 0.123 e. The van der Waals surface area contributed by atoms with Crippen LogP contribution in [0.5, 0.6) is 0 Å². The number of halogens is 1. The lowest BCUT2D eigenvalue weighted by molar-refractivity contribution is 0.624. The van der Waals surface area contributed by atoms with E-state index in [4.69, 9.17) is 11.1 Å². The predicted molar refractivity (Wildman–Crippen MR) is 78.5 cm³/mol. The largest absolute Gasteiger partial charge is 0.384 e. The maximum Gasteiger partial charge on any atom is 0.123 e. The third-order valence-electron chi connectivity index (χ3n) is 3.32. The Morgan fingerprint density at radius 3 is 2.75 bits per heavy atom. The van der Waals surface area contributed by atoms with Crippen LogP contribution in [-0.4, -0.2) is 10.4 Å². The van der Waals surface area contributed by atoms with Gasteiger partial charge in [0.25, 0.3) is 0 Å². The van der Waals surface area contributed by atoms with Crippen LogP contribution < -0.4 is 5.73 Å². The first kappa shape index (κ1) is 12.4. The van der Waals surface area contributed by atoms with Crippen molar-refractivity contribution in [2.75, 3.05) is 0 Å². The molecule has 4 heteroatoms. The molecule has 0 atom stereocenters. The van der Waals surface area contributed by atoms with Gasteiger partial charge in [-0.15, -0.1) is 0 Å². The zero-order chi connectivity index (χ0) is 14.1. The van der Waals surface area contributed by atoms with Crippen molar-refractivity contribution in [3.05, 3.63) is 71.7 Å². The number of nitrogens with one attached hydrogen (secondary N) is 1. The number of nitrogen functional groups attached to an aromatic ring is 1. The molecule has 1 heterocycles. The van der Waals surface area contributed by atoms with Gasteiger partial charge in [-0.1, -0.05) is 12.1 Å². The quantitative estimate of drug-likeness (QED) is 0.556. The normalized spacial score (nSPS) is 10.8. The van der Waals surface area contributed by atoms with Gasteiger partial charge in [0.2, 0.25) is 0 Å². The van der Waals surface area contributed by atoms with Crippen molar-refractivity contribution < 1.29 is 4.39 Å². The molecule has 1 aromatic heterocycles. The van der Waals surface area contributed by atoms with E-state index in [0.717, 1.165) is 16.5 Å². The molecule has 0 amide bonds. The predicted octanol–water partition coefficient (Wildman–Crippen LogP) is 3.11. The van der Waals surface area contributed by atoms with Gasteiger partial charge in [0.15, 0.2) is 0 Å². The summed E-state index contributed by atoms with van der Waals surface area (Å²) < 4.78 is 15.3. The van der Waals surface area contributed by atoms with Gasteiger partial charge in [-0.2, -0.15) is 0 Å². The molecule has 100 valence electrons. The first-order valence-electron chi connectivity index (χ1n) is 6.31. The van der Waals surface area contributed by atoms with Crippen LogP contribution >= 0.6 is 0 Å². The van der Waals surface area contributed by atoms with Crippen LogP contribution in [-0.2, 0) is 6.54 Å². The Kier molecular flexibility index (Phi) is 2.99. The van der Waals surface area contributed by atoms with E-state index in [1.165, 1.54) is 12.1 Å². The van der Waals surface area contributed by atoms with Gasteiger partial charge >= 0.3 is 0 Å². The fraction of sp³-hybridized carbons (Fsp3) is 0.0625. The summed E-state index contributed by atoms with van der Waals surface area (Å²) in [5, 5.41) is 8.47. The summed E-state index contributed by atoms with van der Waals surface area (Å²) in [4.78, 5) is 0. The SMILES string of the molecule is N=C(N)c1ccc2c(ccn2Cc2cccc(F)c2)c1. The highest BCUT2D eigenvalue weighted by atomic mass is 19.1. The molecule has 0 saturated heterocycles. The molecule has 0 bridgehead atoms.